The molecule has 0 radical (unpaired) electrons. The molecule has 0 bridgehead atoms. The maximum absolute atomic E-state index is 12.4. The number of hydrogen-bond acceptors (Lipinski definition) is 2. The average molecular weight is 294 g/mol. The fourth-order valence-corrected chi connectivity index (χ4v) is 4.82. The van der Waals surface area contributed by atoms with Crippen LogP contribution in [0.1, 0.15) is 73.1 Å². The molecule has 2 atom stereocenters. The molecule has 0 aromatic heterocycles. The molecule has 2 N–H and O–H groups in total. The van der Waals surface area contributed by atoms with Gasteiger partial charge in [-0.2, -0.15) is 0 Å². The molecule has 21 heavy (non-hydrogen) atoms. The average Bonchev–Trinajstić information content (AvgIpc) is 2.27. The Hall–Kier alpha value is -0.570. The van der Waals surface area contributed by atoms with Gasteiger partial charge in [-0.1, -0.05) is 34.6 Å². The van der Waals surface area contributed by atoms with Gasteiger partial charge in [0, 0.05) is 18.5 Å². The van der Waals surface area contributed by atoms with Crippen LogP contribution in [-0.4, -0.2) is 24.5 Å². The van der Waals surface area contributed by atoms with Crippen molar-refractivity contribution >= 4 is 5.91 Å². The van der Waals surface area contributed by atoms with Gasteiger partial charge in [0.2, 0.25) is 5.91 Å². The van der Waals surface area contributed by atoms with E-state index in [-0.39, 0.29) is 5.91 Å². The van der Waals surface area contributed by atoms with E-state index in [2.05, 4.69) is 45.3 Å². The van der Waals surface area contributed by atoms with Crippen LogP contribution in [0, 0.1) is 16.7 Å². The van der Waals surface area contributed by atoms with Crippen molar-refractivity contribution in [3.05, 3.63) is 0 Å². The van der Waals surface area contributed by atoms with Crippen molar-refractivity contribution < 1.29 is 4.79 Å². The molecule has 1 amide bonds. The van der Waals surface area contributed by atoms with Crippen molar-refractivity contribution in [3.63, 3.8) is 0 Å². The van der Waals surface area contributed by atoms with Crippen LogP contribution in [0.4, 0.5) is 0 Å². The molecule has 2 aliphatic rings. The highest BCUT2D eigenvalue weighted by molar-refractivity contribution is 5.77. The van der Waals surface area contributed by atoms with E-state index in [9.17, 15) is 4.79 Å². The van der Waals surface area contributed by atoms with Gasteiger partial charge in [-0.25, -0.2) is 0 Å². The lowest BCUT2D eigenvalue weighted by atomic mass is 9.63. The quantitative estimate of drug-likeness (QED) is 0.836. The Morgan fingerprint density at radius 2 is 1.81 bits per heavy atom. The fourth-order valence-electron chi connectivity index (χ4n) is 4.82. The highest BCUT2D eigenvalue weighted by atomic mass is 16.1. The van der Waals surface area contributed by atoms with Crippen LogP contribution in [0.5, 0.6) is 0 Å². The molecule has 2 unspecified atom stereocenters. The minimum Gasteiger partial charge on any atom is -0.353 e. The molecule has 0 aromatic carbocycles. The molecule has 1 aliphatic heterocycles. The summed E-state index contributed by atoms with van der Waals surface area (Å²) in [5, 5.41) is 6.83. The lowest BCUT2D eigenvalue weighted by Gasteiger charge is -2.45. The van der Waals surface area contributed by atoms with Crippen LogP contribution in [0.3, 0.4) is 0 Å². The zero-order chi connectivity index (χ0) is 15.7. The molecule has 1 saturated heterocycles. The van der Waals surface area contributed by atoms with Gasteiger partial charge in [0.1, 0.15) is 0 Å². The molecule has 2 fully saturated rings. The van der Waals surface area contributed by atoms with Gasteiger partial charge in [0.15, 0.2) is 0 Å². The third-order valence-corrected chi connectivity index (χ3v) is 5.26. The van der Waals surface area contributed by atoms with Crippen LogP contribution in [0.2, 0.25) is 0 Å². The van der Waals surface area contributed by atoms with Crippen LogP contribution >= 0.6 is 0 Å². The topological polar surface area (TPSA) is 41.1 Å². The summed E-state index contributed by atoms with van der Waals surface area (Å²) in [5.41, 5.74) is 0.659. The van der Waals surface area contributed by atoms with E-state index < -0.39 is 0 Å². The highest BCUT2D eigenvalue weighted by Gasteiger charge is 2.39. The minimum absolute atomic E-state index is 0.236. The van der Waals surface area contributed by atoms with Gasteiger partial charge in [0.25, 0.3) is 0 Å². The van der Waals surface area contributed by atoms with Crippen LogP contribution in [0.15, 0.2) is 0 Å². The molecule has 0 aromatic rings. The fraction of sp³-hybridized carbons (Fsp3) is 0.944. The normalized spacial score (nSPS) is 32.6. The molecule has 2 rings (SSSR count). The largest absolute Gasteiger partial charge is 0.353 e. The zero-order valence-corrected chi connectivity index (χ0v) is 14.6. The SMILES string of the molecule is CC1CCCNC1CC(=O)NC1CC(C)(C)CC(C)(C)C1. The smallest absolute Gasteiger partial charge is 0.221 e. The third-order valence-electron chi connectivity index (χ3n) is 5.26. The van der Waals surface area contributed by atoms with E-state index in [4.69, 9.17) is 0 Å². The second-order valence-corrected chi connectivity index (χ2v) is 9.06. The maximum Gasteiger partial charge on any atom is 0.221 e. The first kappa shape index (κ1) is 16.8. The Morgan fingerprint density at radius 1 is 1.19 bits per heavy atom. The van der Waals surface area contributed by atoms with Gasteiger partial charge >= 0.3 is 0 Å². The maximum atomic E-state index is 12.4. The Morgan fingerprint density at radius 3 is 2.38 bits per heavy atom. The summed E-state index contributed by atoms with van der Waals surface area (Å²) in [7, 11) is 0. The minimum atomic E-state index is 0.236. The van der Waals surface area contributed by atoms with E-state index in [1.807, 2.05) is 0 Å². The number of rotatable bonds is 3. The van der Waals surface area contributed by atoms with Gasteiger partial charge in [0.05, 0.1) is 0 Å². The Kier molecular flexibility index (Phi) is 5.02. The number of piperidine rings is 1. The Bertz CT molecular complexity index is 359. The van der Waals surface area contributed by atoms with Crippen LogP contribution in [0.25, 0.3) is 0 Å². The first-order valence-corrected chi connectivity index (χ1v) is 8.70. The molecule has 1 aliphatic carbocycles. The van der Waals surface area contributed by atoms with Gasteiger partial charge in [-0.15, -0.1) is 0 Å². The van der Waals surface area contributed by atoms with Gasteiger partial charge in [-0.3, -0.25) is 4.79 Å². The summed E-state index contributed by atoms with van der Waals surface area (Å²) >= 11 is 0. The predicted molar refractivity (Wildman–Crippen MR) is 88.1 cm³/mol. The van der Waals surface area contributed by atoms with Crippen molar-refractivity contribution in [3.8, 4) is 0 Å². The number of carbonyl (C=O) groups is 1. The number of carbonyl (C=O) groups excluding carboxylic acids is 1. The molecular weight excluding hydrogens is 260 g/mol. The number of nitrogens with one attached hydrogen (secondary N) is 2. The first-order chi connectivity index (χ1) is 9.67. The zero-order valence-electron chi connectivity index (χ0n) is 14.6. The lowest BCUT2D eigenvalue weighted by Crippen LogP contribution is -2.49. The Labute approximate surface area is 130 Å². The van der Waals surface area contributed by atoms with E-state index in [1.165, 1.54) is 19.3 Å². The molecule has 3 heteroatoms. The highest BCUT2D eigenvalue weighted by Crippen LogP contribution is 2.45. The third kappa shape index (κ3) is 4.98. The van der Waals surface area contributed by atoms with Gasteiger partial charge in [-0.05, 0) is 55.4 Å². The molecule has 122 valence electrons. The van der Waals surface area contributed by atoms with Crippen molar-refractivity contribution in [2.24, 2.45) is 16.7 Å². The summed E-state index contributed by atoms with van der Waals surface area (Å²) in [6.07, 6.45) is 6.58. The molecule has 3 nitrogen and oxygen atoms in total. The van der Waals surface area contributed by atoms with Crippen LogP contribution < -0.4 is 10.6 Å². The van der Waals surface area contributed by atoms with E-state index >= 15 is 0 Å². The summed E-state index contributed by atoms with van der Waals surface area (Å²) in [6, 6.07) is 0.707. The Balaban J connectivity index is 1.87. The first-order valence-electron chi connectivity index (χ1n) is 8.70. The summed E-state index contributed by atoms with van der Waals surface area (Å²) in [6.45, 7) is 12.6. The second-order valence-electron chi connectivity index (χ2n) is 9.06. The van der Waals surface area contributed by atoms with E-state index in [0.717, 1.165) is 19.4 Å². The monoisotopic (exact) mass is 294 g/mol. The standard InChI is InChI=1S/C18H34N2O/c1-13-7-6-8-19-15(13)9-16(21)20-14-10-17(2,3)12-18(4,5)11-14/h13-15,19H,6-12H2,1-5H3,(H,20,21). The van der Waals surface area contributed by atoms with Crippen molar-refractivity contribution in [2.75, 3.05) is 6.54 Å². The van der Waals surface area contributed by atoms with E-state index in [1.54, 1.807) is 0 Å². The van der Waals surface area contributed by atoms with Crippen LogP contribution in [-0.2, 0) is 4.79 Å². The molecule has 0 spiro atoms. The number of hydrogen-bond donors (Lipinski definition) is 2. The molecule has 1 saturated carbocycles. The summed E-state index contributed by atoms with van der Waals surface area (Å²) in [4.78, 5) is 12.4. The van der Waals surface area contributed by atoms with Crippen molar-refractivity contribution in [2.45, 2.75) is 85.2 Å². The summed E-state index contributed by atoms with van der Waals surface area (Å²) in [5.74, 6) is 0.850. The second kappa shape index (κ2) is 6.28. The molecular formula is C18H34N2O. The van der Waals surface area contributed by atoms with Crippen molar-refractivity contribution in [1.82, 2.24) is 10.6 Å². The van der Waals surface area contributed by atoms with Crippen molar-refractivity contribution in [1.29, 1.82) is 0 Å². The number of amides is 1. The van der Waals surface area contributed by atoms with E-state index in [0.29, 0.717) is 35.3 Å². The lowest BCUT2D eigenvalue weighted by molar-refractivity contribution is -0.123. The van der Waals surface area contributed by atoms with Gasteiger partial charge < -0.3 is 10.6 Å². The molecule has 1 heterocycles. The summed E-state index contributed by atoms with van der Waals surface area (Å²) < 4.78 is 0. The predicted octanol–water partition coefficient (Wildman–Crippen LogP) is 3.49.